The van der Waals surface area contributed by atoms with Crippen LogP contribution in [-0.2, 0) is 6.61 Å². The van der Waals surface area contributed by atoms with Crippen molar-refractivity contribution in [1.82, 2.24) is 5.32 Å². The van der Waals surface area contributed by atoms with Gasteiger partial charge in [0.05, 0.1) is 18.7 Å². The van der Waals surface area contributed by atoms with Crippen molar-refractivity contribution in [3.8, 4) is 11.5 Å². The molecule has 3 aromatic rings. The minimum atomic E-state index is -0.147. The molecule has 4 nitrogen and oxygen atoms in total. The van der Waals surface area contributed by atoms with Gasteiger partial charge in [0.1, 0.15) is 18.1 Å². The van der Waals surface area contributed by atoms with Crippen LogP contribution in [0.25, 0.3) is 0 Å². The molecule has 0 fully saturated rings. The molecule has 1 unspecified atom stereocenters. The van der Waals surface area contributed by atoms with Crippen LogP contribution in [0, 0.1) is 0 Å². The van der Waals surface area contributed by atoms with E-state index in [4.69, 9.17) is 9.47 Å². The lowest BCUT2D eigenvalue weighted by molar-refractivity contribution is 0.0931. The summed E-state index contributed by atoms with van der Waals surface area (Å²) in [4.78, 5) is 12.9. The second-order valence-electron chi connectivity index (χ2n) is 6.48. The van der Waals surface area contributed by atoms with Crippen molar-refractivity contribution in [2.45, 2.75) is 26.0 Å². The first-order valence-electron chi connectivity index (χ1n) is 9.41. The van der Waals surface area contributed by atoms with Gasteiger partial charge in [-0.2, -0.15) is 0 Å². The first-order valence-corrected chi connectivity index (χ1v) is 9.41. The van der Waals surface area contributed by atoms with Gasteiger partial charge in [0.2, 0.25) is 0 Å². The van der Waals surface area contributed by atoms with Crippen molar-refractivity contribution < 1.29 is 14.3 Å². The molecule has 4 heteroatoms. The molecular weight excluding hydrogens is 350 g/mol. The number of carbonyl (C=O) groups excluding carboxylic acids is 1. The predicted octanol–water partition coefficient (Wildman–Crippen LogP) is 5.16. The van der Waals surface area contributed by atoms with E-state index in [2.05, 4.69) is 5.32 Å². The Hall–Kier alpha value is -3.27. The lowest BCUT2D eigenvalue weighted by Crippen LogP contribution is -2.28. The first-order chi connectivity index (χ1) is 13.7. The largest absolute Gasteiger partial charge is 0.497 e. The number of ether oxygens (including phenoxy) is 2. The van der Waals surface area contributed by atoms with Gasteiger partial charge in [-0.25, -0.2) is 0 Å². The third kappa shape index (κ3) is 4.92. The molecule has 0 saturated carbocycles. The molecule has 3 aromatic carbocycles. The normalized spacial score (nSPS) is 11.5. The molecular formula is C24H25NO3. The van der Waals surface area contributed by atoms with Gasteiger partial charge in [0, 0.05) is 0 Å². The van der Waals surface area contributed by atoms with Crippen LogP contribution in [0.5, 0.6) is 11.5 Å². The summed E-state index contributed by atoms with van der Waals surface area (Å²) in [6.45, 7) is 2.47. The van der Waals surface area contributed by atoms with Gasteiger partial charge < -0.3 is 14.8 Å². The number of hydrogen-bond acceptors (Lipinski definition) is 3. The van der Waals surface area contributed by atoms with Crippen molar-refractivity contribution in [1.29, 1.82) is 0 Å². The molecule has 0 aliphatic carbocycles. The third-order valence-electron chi connectivity index (χ3n) is 4.60. The molecule has 144 valence electrons. The summed E-state index contributed by atoms with van der Waals surface area (Å²) < 4.78 is 11.1. The van der Waals surface area contributed by atoms with E-state index in [-0.39, 0.29) is 11.9 Å². The van der Waals surface area contributed by atoms with Crippen LogP contribution in [0.1, 0.15) is 40.9 Å². The number of methoxy groups -OCH3 is 1. The summed E-state index contributed by atoms with van der Waals surface area (Å²) in [6, 6.07) is 24.9. The number of amides is 1. The topological polar surface area (TPSA) is 47.6 Å². The van der Waals surface area contributed by atoms with Crippen LogP contribution in [-0.4, -0.2) is 13.0 Å². The lowest BCUT2D eigenvalue weighted by Gasteiger charge is -2.19. The maximum Gasteiger partial charge on any atom is 0.255 e. The molecule has 0 spiro atoms. The monoisotopic (exact) mass is 375 g/mol. The molecule has 3 rings (SSSR count). The first kappa shape index (κ1) is 19.5. The van der Waals surface area contributed by atoms with Crippen LogP contribution >= 0.6 is 0 Å². The van der Waals surface area contributed by atoms with Gasteiger partial charge >= 0.3 is 0 Å². The van der Waals surface area contributed by atoms with Crippen LogP contribution in [0.15, 0.2) is 78.9 Å². The molecule has 0 aromatic heterocycles. The van der Waals surface area contributed by atoms with Gasteiger partial charge in [-0.1, -0.05) is 61.5 Å². The van der Waals surface area contributed by atoms with Gasteiger partial charge in [-0.3, -0.25) is 4.79 Å². The van der Waals surface area contributed by atoms with Crippen LogP contribution in [0.2, 0.25) is 0 Å². The zero-order chi connectivity index (χ0) is 19.8. The fourth-order valence-electron chi connectivity index (χ4n) is 3.01. The van der Waals surface area contributed by atoms with E-state index in [0.717, 1.165) is 23.3 Å². The SMILES string of the molecule is CCC(NC(=O)c1ccccc1OCc1ccccc1)c1ccc(OC)cc1. The van der Waals surface area contributed by atoms with Crippen LogP contribution in [0.4, 0.5) is 0 Å². The van der Waals surface area contributed by atoms with E-state index in [1.807, 2.05) is 79.7 Å². The molecule has 0 aliphatic rings. The van der Waals surface area contributed by atoms with Crippen LogP contribution < -0.4 is 14.8 Å². The van der Waals surface area contributed by atoms with Crippen molar-refractivity contribution in [2.75, 3.05) is 7.11 Å². The third-order valence-corrected chi connectivity index (χ3v) is 4.60. The minimum Gasteiger partial charge on any atom is -0.497 e. The number of benzene rings is 3. The number of rotatable bonds is 8. The van der Waals surface area contributed by atoms with Crippen molar-refractivity contribution >= 4 is 5.91 Å². The highest BCUT2D eigenvalue weighted by molar-refractivity contribution is 5.97. The quantitative estimate of drug-likeness (QED) is 0.592. The van der Waals surface area contributed by atoms with E-state index < -0.39 is 0 Å². The van der Waals surface area contributed by atoms with Gasteiger partial charge in [0.25, 0.3) is 5.91 Å². The summed E-state index contributed by atoms with van der Waals surface area (Å²) >= 11 is 0. The highest BCUT2D eigenvalue weighted by Gasteiger charge is 2.17. The Morgan fingerprint density at radius 1 is 0.929 bits per heavy atom. The van der Waals surface area contributed by atoms with Crippen LogP contribution in [0.3, 0.4) is 0 Å². The average molecular weight is 375 g/mol. The Balaban J connectivity index is 1.72. The molecule has 0 radical (unpaired) electrons. The fraction of sp³-hybridized carbons (Fsp3) is 0.208. The molecule has 0 aliphatic heterocycles. The smallest absolute Gasteiger partial charge is 0.255 e. The molecule has 28 heavy (non-hydrogen) atoms. The summed E-state index contributed by atoms with van der Waals surface area (Å²) in [5.41, 5.74) is 2.63. The Bertz CT molecular complexity index is 891. The highest BCUT2D eigenvalue weighted by Crippen LogP contribution is 2.23. The number of nitrogens with one attached hydrogen (secondary N) is 1. The Kier molecular flexibility index (Phi) is 6.68. The lowest BCUT2D eigenvalue weighted by atomic mass is 10.0. The Morgan fingerprint density at radius 2 is 1.61 bits per heavy atom. The molecule has 1 atom stereocenters. The van der Waals surface area contributed by atoms with Gasteiger partial charge in [-0.15, -0.1) is 0 Å². The second-order valence-corrected chi connectivity index (χ2v) is 6.48. The van der Waals surface area contributed by atoms with Crippen molar-refractivity contribution in [2.24, 2.45) is 0 Å². The van der Waals surface area contributed by atoms with E-state index >= 15 is 0 Å². The summed E-state index contributed by atoms with van der Waals surface area (Å²) in [6.07, 6.45) is 0.783. The molecule has 1 amide bonds. The summed E-state index contributed by atoms with van der Waals surface area (Å²) in [5.74, 6) is 1.23. The Morgan fingerprint density at radius 3 is 2.29 bits per heavy atom. The molecule has 1 N–H and O–H groups in total. The molecule has 0 heterocycles. The maximum absolute atomic E-state index is 12.9. The Labute approximate surface area is 166 Å². The van der Waals surface area contributed by atoms with Gasteiger partial charge in [0.15, 0.2) is 0 Å². The number of carbonyl (C=O) groups is 1. The fourth-order valence-corrected chi connectivity index (χ4v) is 3.01. The standard InChI is InChI=1S/C24H25NO3/c1-3-22(19-13-15-20(27-2)16-14-19)25-24(26)21-11-7-8-12-23(21)28-17-18-9-5-4-6-10-18/h4-16,22H,3,17H2,1-2H3,(H,25,26). The maximum atomic E-state index is 12.9. The average Bonchev–Trinajstić information content (AvgIpc) is 2.77. The van der Waals surface area contributed by atoms with Crippen molar-refractivity contribution in [3.05, 3.63) is 95.6 Å². The zero-order valence-electron chi connectivity index (χ0n) is 16.2. The van der Waals surface area contributed by atoms with Crippen molar-refractivity contribution in [3.63, 3.8) is 0 Å². The van der Waals surface area contributed by atoms with Gasteiger partial charge in [-0.05, 0) is 41.8 Å². The number of hydrogen-bond donors (Lipinski definition) is 1. The molecule has 0 bridgehead atoms. The second kappa shape index (κ2) is 9.60. The molecule has 0 saturated heterocycles. The van der Waals surface area contributed by atoms with E-state index in [1.54, 1.807) is 13.2 Å². The minimum absolute atomic E-state index is 0.0828. The predicted molar refractivity (Wildman–Crippen MR) is 111 cm³/mol. The van der Waals surface area contributed by atoms with E-state index in [0.29, 0.717) is 17.9 Å². The number of para-hydroxylation sites is 1. The summed E-state index contributed by atoms with van der Waals surface area (Å²) in [7, 11) is 1.64. The summed E-state index contributed by atoms with van der Waals surface area (Å²) in [5, 5.41) is 3.12. The zero-order valence-corrected chi connectivity index (χ0v) is 16.2. The highest BCUT2D eigenvalue weighted by atomic mass is 16.5. The van der Waals surface area contributed by atoms with E-state index in [1.165, 1.54) is 0 Å². The van der Waals surface area contributed by atoms with E-state index in [9.17, 15) is 4.79 Å².